The highest BCUT2D eigenvalue weighted by Crippen LogP contribution is 2.44. The first-order valence-corrected chi connectivity index (χ1v) is 13.5. The predicted molar refractivity (Wildman–Crippen MR) is 149 cm³/mol. The van der Waals surface area contributed by atoms with Crippen molar-refractivity contribution in [1.29, 1.82) is 0 Å². The van der Waals surface area contributed by atoms with Crippen molar-refractivity contribution in [3.8, 4) is 5.75 Å². The van der Waals surface area contributed by atoms with Gasteiger partial charge in [-0.05, 0) is 53.6 Å². The van der Waals surface area contributed by atoms with Crippen molar-refractivity contribution in [2.75, 3.05) is 20.2 Å². The lowest BCUT2D eigenvalue weighted by atomic mass is 9.85. The van der Waals surface area contributed by atoms with Gasteiger partial charge in [0.05, 0.1) is 24.5 Å². The van der Waals surface area contributed by atoms with E-state index in [2.05, 4.69) is 37.8 Å². The van der Waals surface area contributed by atoms with Crippen LogP contribution in [0.1, 0.15) is 62.1 Å². The SMILES string of the molecule is COc1ccc(C(C)(C)C)cc1/C(O)=C1\C(=O)C(=O)N(C2CCN(Cc3ccccc3)CC2)C1c1ccco1. The van der Waals surface area contributed by atoms with Gasteiger partial charge in [-0.15, -0.1) is 0 Å². The number of ketones is 1. The summed E-state index contributed by atoms with van der Waals surface area (Å²) >= 11 is 0. The summed E-state index contributed by atoms with van der Waals surface area (Å²) in [4.78, 5) is 31.1. The number of ether oxygens (including phenoxy) is 1. The Bertz CT molecular complexity index is 1360. The Hall–Kier alpha value is -3.84. The molecule has 2 aliphatic rings. The largest absolute Gasteiger partial charge is 0.507 e. The third-order valence-corrected chi connectivity index (χ3v) is 7.81. The first-order chi connectivity index (χ1) is 18.7. The molecular formula is C32H36N2O5. The number of aliphatic hydroxyl groups is 1. The fourth-order valence-corrected chi connectivity index (χ4v) is 5.65. The number of carbonyl (C=O) groups excluding carboxylic acids is 2. The van der Waals surface area contributed by atoms with Crippen molar-refractivity contribution >= 4 is 17.4 Å². The molecule has 2 fully saturated rings. The number of piperidine rings is 1. The monoisotopic (exact) mass is 528 g/mol. The second-order valence-corrected chi connectivity index (χ2v) is 11.4. The van der Waals surface area contributed by atoms with Gasteiger partial charge >= 0.3 is 0 Å². The van der Waals surface area contributed by atoms with Crippen LogP contribution in [0.15, 0.2) is 76.9 Å². The second kappa shape index (κ2) is 10.7. The lowest BCUT2D eigenvalue weighted by Crippen LogP contribution is -2.46. The molecule has 204 valence electrons. The molecule has 0 saturated carbocycles. The van der Waals surface area contributed by atoms with Crippen molar-refractivity contribution in [3.63, 3.8) is 0 Å². The smallest absolute Gasteiger partial charge is 0.296 e. The molecule has 1 aromatic heterocycles. The van der Waals surface area contributed by atoms with E-state index in [0.29, 0.717) is 17.1 Å². The van der Waals surface area contributed by atoms with Crippen LogP contribution >= 0.6 is 0 Å². The van der Waals surface area contributed by atoms with Crippen molar-refractivity contribution in [2.45, 2.75) is 57.7 Å². The lowest BCUT2D eigenvalue weighted by molar-refractivity contribution is -0.142. The molecule has 7 heteroatoms. The summed E-state index contributed by atoms with van der Waals surface area (Å²) in [6.07, 6.45) is 2.97. The number of methoxy groups -OCH3 is 1. The number of benzene rings is 2. The number of carbonyl (C=O) groups is 2. The quantitative estimate of drug-likeness (QED) is 0.252. The van der Waals surface area contributed by atoms with E-state index in [1.807, 2.05) is 30.3 Å². The summed E-state index contributed by atoms with van der Waals surface area (Å²) in [7, 11) is 1.52. The molecule has 2 aliphatic heterocycles. The van der Waals surface area contributed by atoms with E-state index in [-0.39, 0.29) is 22.8 Å². The number of furan rings is 1. The Balaban J connectivity index is 1.50. The first-order valence-electron chi connectivity index (χ1n) is 13.5. The van der Waals surface area contributed by atoms with Gasteiger partial charge in [0.1, 0.15) is 23.3 Å². The van der Waals surface area contributed by atoms with Crippen LogP contribution in [0.3, 0.4) is 0 Å². The maximum atomic E-state index is 13.6. The van der Waals surface area contributed by atoms with E-state index in [4.69, 9.17) is 9.15 Å². The zero-order chi connectivity index (χ0) is 27.7. The van der Waals surface area contributed by atoms with E-state index < -0.39 is 17.7 Å². The standard InChI is InChI=1S/C32H36N2O5/c1-32(2,3)22-12-13-25(38-4)24(19-22)29(35)27-28(26-11-8-18-39-26)34(31(37)30(27)36)23-14-16-33(17-15-23)20-21-9-6-5-7-10-21/h5-13,18-19,23,28,35H,14-17,20H2,1-4H3/b29-27+. The summed E-state index contributed by atoms with van der Waals surface area (Å²) in [6, 6.07) is 18.4. The van der Waals surface area contributed by atoms with Gasteiger partial charge in [-0.25, -0.2) is 0 Å². The molecule has 3 aromatic rings. The van der Waals surface area contributed by atoms with Crippen molar-refractivity contribution < 1.29 is 23.8 Å². The molecule has 1 amide bonds. The topological polar surface area (TPSA) is 83.2 Å². The zero-order valence-electron chi connectivity index (χ0n) is 23.0. The molecule has 3 heterocycles. The third kappa shape index (κ3) is 5.23. The van der Waals surface area contributed by atoms with Gasteiger partial charge in [-0.3, -0.25) is 14.5 Å². The van der Waals surface area contributed by atoms with E-state index in [9.17, 15) is 14.7 Å². The third-order valence-electron chi connectivity index (χ3n) is 7.81. The maximum Gasteiger partial charge on any atom is 0.296 e. The fourth-order valence-electron chi connectivity index (χ4n) is 5.65. The summed E-state index contributed by atoms with van der Waals surface area (Å²) in [5.41, 5.74) is 2.45. The highest BCUT2D eigenvalue weighted by molar-refractivity contribution is 6.46. The van der Waals surface area contributed by atoms with Gasteiger partial charge < -0.3 is 19.2 Å². The molecule has 5 rings (SSSR count). The Morgan fingerprint density at radius 3 is 2.36 bits per heavy atom. The number of hydrogen-bond acceptors (Lipinski definition) is 6. The van der Waals surface area contributed by atoms with Gasteiger partial charge in [-0.2, -0.15) is 0 Å². The maximum absolute atomic E-state index is 13.6. The molecule has 2 aromatic carbocycles. The minimum Gasteiger partial charge on any atom is -0.507 e. The van der Waals surface area contributed by atoms with E-state index in [1.165, 1.54) is 18.9 Å². The molecule has 1 atom stereocenters. The number of amides is 1. The Morgan fingerprint density at radius 1 is 1.03 bits per heavy atom. The summed E-state index contributed by atoms with van der Waals surface area (Å²) in [6.45, 7) is 8.67. The minimum absolute atomic E-state index is 0.0334. The highest BCUT2D eigenvalue weighted by Gasteiger charge is 2.50. The molecule has 39 heavy (non-hydrogen) atoms. The molecule has 2 saturated heterocycles. The van der Waals surface area contributed by atoms with Crippen LogP contribution in [-0.2, 0) is 21.5 Å². The van der Waals surface area contributed by atoms with Crippen LogP contribution < -0.4 is 4.74 Å². The average molecular weight is 529 g/mol. The molecule has 7 nitrogen and oxygen atoms in total. The van der Waals surface area contributed by atoms with Crippen LogP contribution in [-0.4, -0.2) is 52.8 Å². The van der Waals surface area contributed by atoms with Gasteiger partial charge in [0, 0.05) is 25.7 Å². The molecule has 0 aliphatic carbocycles. The zero-order valence-corrected chi connectivity index (χ0v) is 23.0. The van der Waals surface area contributed by atoms with E-state index >= 15 is 0 Å². The lowest BCUT2D eigenvalue weighted by Gasteiger charge is -2.38. The van der Waals surface area contributed by atoms with Gasteiger partial charge in [0.2, 0.25) is 0 Å². The van der Waals surface area contributed by atoms with Crippen LogP contribution in [0, 0.1) is 0 Å². The van der Waals surface area contributed by atoms with Crippen molar-refractivity contribution in [3.05, 3.63) is 95.0 Å². The van der Waals surface area contributed by atoms with Gasteiger partial charge in [0.15, 0.2) is 0 Å². The second-order valence-electron chi connectivity index (χ2n) is 11.4. The summed E-state index contributed by atoms with van der Waals surface area (Å²) < 4.78 is 11.3. The van der Waals surface area contributed by atoms with Crippen LogP contribution in [0.2, 0.25) is 0 Å². The van der Waals surface area contributed by atoms with Gasteiger partial charge in [-0.1, -0.05) is 57.2 Å². The van der Waals surface area contributed by atoms with Crippen LogP contribution in [0.4, 0.5) is 0 Å². The molecule has 1 unspecified atom stereocenters. The number of nitrogens with zero attached hydrogens (tertiary/aromatic N) is 2. The Morgan fingerprint density at radius 2 is 1.74 bits per heavy atom. The van der Waals surface area contributed by atoms with Crippen LogP contribution in [0.25, 0.3) is 5.76 Å². The average Bonchev–Trinajstić information content (AvgIpc) is 3.55. The van der Waals surface area contributed by atoms with Crippen LogP contribution in [0.5, 0.6) is 5.75 Å². The highest BCUT2D eigenvalue weighted by atomic mass is 16.5. The molecule has 0 spiro atoms. The number of likely N-dealkylation sites (tertiary alicyclic amines) is 2. The van der Waals surface area contributed by atoms with E-state index in [0.717, 1.165) is 38.0 Å². The van der Waals surface area contributed by atoms with Crippen molar-refractivity contribution in [2.24, 2.45) is 0 Å². The van der Waals surface area contributed by atoms with Gasteiger partial charge in [0.25, 0.3) is 11.7 Å². The minimum atomic E-state index is -0.811. The van der Waals surface area contributed by atoms with E-state index in [1.54, 1.807) is 23.1 Å². The number of rotatable bonds is 6. The summed E-state index contributed by atoms with van der Waals surface area (Å²) in [5.74, 6) is -0.677. The number of aliphatic hydroxyl groups excluding tert-OH is 1. The molecule has 0 bridgehead atoms. The number of hydrogen-bond donors (Lipinski definition) is 1. The summed E-state index contributed by atoms with van der Waals surface area (Å²) in [5, 5.41) is 11.7. The van der Waals surface area contributed by atoms with Crippen molar-refractivity contribution in [1.82, 2.24) is 9.80 Å². The first kappa shape index (κ1) is 26.8. The molecular weight excluding hydrogens is 492 g/mol. The predicted octanol–water partition coefficient (Wildman–Crippen LogP) is 5.67. The fraction of sp³-hybridized carbons (Fsp3) is 0.375. The molecule has 0 radical (unpaired) electrons. The Kier molecular flexibility index (Phi) is 7.36. The normalized spacial score (nSPS) is 20.5. The Labute approximate surface area is 229 Å². The molecule has 1 N–H and O–H groups in total. The number of Topliss-reactive ketones (excluding diaryl/α,β-unsaturated/α-hetero) is 1.